The molecule has 6 heteroatoms. The van der Waals surface area contributed by atoms with E-state index < -0.39 is 6.26 Å². The Balaban J connectivity index is 3.10. The molecule has 1 rings (SSSR count). The molecule has 0 heterocycles. The number of rotatable bonds is 5. The molecule has 18 heavy (non-hydrogen) atoms. The van der Waals surface area contributed by atoms with Crippen molar-refractivity contribution in [2.45, 2.75) is 32.9 Å². The molecule has 102 valence electrons. The van der Waals surface area contributed by atoms with Crippen LogP contribution in [0.25, 0.3) is 0 Å². The Bertz CT molecular complexity index is 481. The number of hydrogen-bond acceptors (Lipinski definition) is 3. The van der Waals surface area contributed by atoms with Gasteiger partial charge in [0.05, 0.1) is 10.6 Å². The van der Waals surface area contributed by atoms with E-state index in [9.17, 15) is 0 Å². The van der Waals surface area contributed by atoms with Gasteiger partial charge in [-0.05, 0) is 25.0 Å². The van der Waals surface area contributed by atoms with Gasteiger partial charge in [0, 0.05) is 17.4 Å². The monoisotopic (exact) mass is 325 g/mol. The minimum Gasteiger partial charge on any atom is -0.463 e. The minimum absolute atomic E-state index is 0.253. The second-order valence-corrected chi connectivity index (χ2v) is 10.1. The smallest absolute Gasteiger partial charge is 0.145 e. The largest absolute Gasteiger partial charge is 0.463 e. The Morgan fingerprint density at radius 1 is 1.50 bits per heavy atom. The van der Waals surface area contributed by atoms with Crippen LogP contribution < -0.4 is 10.3 Å². The Labute approximate surface area is 124 Å². The molecule has 0 aromatic heterocycles. The molecule has 0 aliphatic carbocycles. The van der Waals surface area contributed by atoms with Gasteiger partial charge in [-0.25, -0.2) is 0 Å². The lowest BCUT2D eigenvalue weighted by molar-refractivity contribution is 0.598. The third kappa shape index (κ3) is 3.54. The summed E-state index contributed by atoms with van der Waals surface area (Å²) in [6.07, 6.45) is -1.18. The molecule has 0 saturated heterocycles. The van der Waals surface area contributed by atoms with Gasteiger partial charge in [-0.3, -0.25) is 0 Å². The second kappa shape index (κ2) is 6.47. The van der Waals surface area contributed by atoms with Crippen molar-refractivity contribution in [3.63, 3.8) is 0 Å². The molecule has 0 amide bonds. The van der Waals surface area contributed by atoms with Crippen LogP contribution in [0.15, 0.2) is 12.1 Å². The fourth-order valence-electron chi connectivity index (χ4n) is 1.42. The number of halogens is 2. The predicted octanol–water partition coefficient (Wildman–Crippen LogP) is 5.00. The fraction of sp³-hybridized carbons (Fsp3) is 0.500. The zero-order valence-corrected chi connectivity index (χ0v) is 14.0. The molecule has 2 unspecified atom stereocenters. The predicted molar refractivity (Wildman–Crippen MR) is 86.0 cm³/mol. The molecule has 0 saturated carbocycles. The third-order valence-corrected chi connectivity index (χ3v) is 9.03. The Kier molecular flexibility index (Phi) is 5.79. The van der Waals surface area contributed by atoms with E-state index in [1.165, 1.54) is 0 Å². The van der Waals surface area contributed by atoms with Crippen LogP contribution in [0.5, 0.6) is 5.75 Å². The third-order valence-electron chi connectivity index (χ3n) is 3.00. The van der Waals surface area contributed by atoms with Crippen LogP contribution in [0, 0.1) is 6.92 Å². The first-order valence-corrected chi connectivity index (χ1v) is 9.62. The Hall–Kier alpha value is 0.0500. The highest BCUT2D eigenvalue weighted by Gasteiger charge is 2.26. The zero-order valence-electron chi connectivity index (χ0n) is 10.7. The zero-order chi connectivity index (χ0) is 13.9. The maximum Gasteiger partial charge on any atom is 0.145 e. The molecule has 2 atom stereocenters. The van der Waals surface area contributed by atoms with Crippen LogP contribution in [0.3, 0.4) is 0 Å². The van der Waals surface area contributed by atoms with Gasteiger partial charge in [-0.15, -0.1) is 11.6 Å². The van der Waals surface area contributed by atoms with Crippen molar-refractivity contribution in [2.75, 3.05) is 11.4 Å². The molecule has 0 fully saturated rings. The van der Waals surface area contributed by atoms with Gasteiger partial charge in [0.25, 0.3) is 0 Å². The molecule has 0 spiro atoms. The summed E-state index contributed by atoms with van der Waals surface area (Å²) in [6.45, 7) is 6.04. The summed E-state index contributed by atoms with van der Waals surface area (Å²) in [5, 5.41) is 0.532. The van der Waals surface area contributed by atoms with Crippen molar-refractivity contribution in [2.24, 2.45) is 0 Å². The summed E-state index contributed by atoms with van der Waals surface area (Å²) in [4.78, 5) is 0. The number of aryl methyl sites for hydroxylation is 1. The molecule has 0 aliphatic heterocycles. The van der Waals surface area contributed by atoms with Gasteiger partial charge in [-0.1, -0.05) is 37.3 Å². The normalized spacial score (nSPS) is 16.1. The highest BCUT2D eigenvalue weighted by atomic mass is 35.5. The molecule has 1 aromatic rings. The lowest BCUT2D eigenvalue weighted by atomic mass is 10.2. The SMILES string of the molecule is CCC(C)P(=S)(CCl)Oc1cc(N)c(C)cc1Cl. The second-order valence-electron chi connectivity index (χ2n) is 4.33. The molecule has 1 aromatic carbocycles. The van der Waals surface area contributed by atoms with Crippen molar-refractivity contribution >= 4 is 47.0 Å². The number of nitrogen functional groups attached to an aromatic ring is 1. The van der Waals surface area contributed by atoms with Gasteiger partial charge in [0.15, 0.2) is 0 Å². The van der Waals surface area contributed by atoms with E-state index in [0.717, 1.165) is 12.0 Å². The summed E-state index contributed by atoms with van der Waals surface area (Å²) < 4.78 is 5.95. The van der Waals surface area contributed by atoms with E-state index in [0.29, 0.717) is 22.1 Å². The Morgan fingerprint density at radius 3 is 2.61 bits per heavy atom. The molecule has 2 N–H and O–H groups in total. The number of nitrogens with two attached hydrogens (primary N) is 1. The van der Waals surface area contributed by atoms with Crippen LogP contribution >= 0.6 is 29.5 Å². The first kappa shape index (κ1) is 16.1. The maximum atomic E-state index is 6.16. The van der Waals surface area contributed by atoms with Crippen molar-refractivity contribution in [3.05, 3.63) is 22.7 Å². The van der Waals surface area contributed by atoms with E-state index in [2.05, 4.69) is 13.8 Å². The maximum absolute atomic E-state index is 6.16. The van der Waals surface area contributed by atoms with Crippen LogP contribution in [0.4, 0.5) is 5.69 Å². The van der Waals surface area contributed by atoms with E-state index >= 15 is 0 Å². The fourth-order valence-corrected chi connectivity index (χ4v) is 4.77. The van der Waals surface area contributed by atoms with E-state index in [4.69, 9.17) is 45.3 Å². The van der Waals surface area contributed by atoms with Crippen molar-refractivity contribution in [1.29, 1.82) is 0 Å². The highest BCUT2D eigenvalue weighted by Crippen LogP contribution is 2.55. The van der Waals surface area contributed by atoms with Gasteiger partial charge in [-0.2, -0.15) is 0 Å². The quantitative estimate of drug-likeness (QED) is 0.470. The summed E-state index contributed by atoms with van der Waals surface area (Å²) in [6, 6.07) is 3.52. The highest BCUT2D eigenvalue weighted by molar-refractivity contribution is 8.13. The van der Waals surface area contributed by atoms with E-state index in [1.807, 2.05) is 6.92 Å². The van der Waals surface area contributed by atoms with Gasteiger partial charge in [0.2, 0.25) is 0 Å². The van der Waals surface area contributed by atoms with E-state index in [1.54, 1.807) is 12.1 Å². The van der Waals surface area contributed by atoms with Crippen molar-refractivity contribution < 1.29 is 4.52 Å². The molecule has 0 radical (unpaired) electrons. The lowest BCUT2D eigenvalue weighted by Crippen LogP contribution is -2.09. The van der Waals surface area contributed by atoms with Crippen LogP contribution in [-0.4, -0.2) is 11.3 Å². The minimum atomic E-state index is -2.12. The first-order valence-electron chi connectivity index (χ1n) is 5.74. The number of hydrogen-bond donors (Lipinski definition) is 1. The molecule has 2 nitrogen and oxygen atoms in total. The van der Waals surface area contributed by atoms with Crippen molar-refractivity contribution in [3.8, 4) is 5.75 Å². The molecular weight excluding hydrogens is 308 g/mol. The average Bonchev–Trinajstić information content (AvgIpc) is 2.34. The number of benzene rings is 1. The average molecular weight is 326 g/mol. The number of alkyl halides is 1. The number of anilines is 1. The van der Waals surface area contributed by atoms with Gasteiger partial charge >= 0.3 is 0 Å². The molecule has 0 aliphatic rings. The topological polar surface area (TPSA) is 35.2 Å². The van der Waals surface area contributed by atoms with Crippen LogP contribution in [-0.2, 0) is 11.8 Å². The van der Waals surface area contributed by atoms with Crippen LogP contribution in [0.2, 0.25) is 5.02 Å². The molecular formula is C12H18Cl2NOPS. The summed E-state index contributed by atoms with van der Waals surface area (Å²) in [7, 11) is 0. The molecule has 0 bridgehead atoms. The van der Waals surface area contributed by atoms with Crippen LogP contribution in [0.1, 0.15) is 25.8 Å². The van der Waals surface area contributed by atoms with Gasteiger partial charge < -0.3 is 10.3 Å². The first-order chi connectivity index (χ1) is 8.34. The summed E-state index contributed by atoms with van der Waals surface area (Å²) >= 11 is 17.8. The lowest BCUT2D eigenvalue weighted by Gasteiger charge is -2.27. The summed E-state index contributed by atoms with van der Waals surface area (Å²) in [5.74, 6) is 0.545. The van der Waals surface area contributed by atoms with Gasteiger partial charge in [0.1, 0.15) is 12.0 Å². The standard InChI is InChI=1S/C12H18Cl2NOPS/c1-4-9(3)17(18,7-13)16-12-6-11(15)8(2)5-10(12)14/h5-6,9H,4,7,15H2,1-3H3. The van der Waals surface area contributed by atoms with Crippen molar-refractivity contribution in [1.82, 2.24) is 0 Å². The van der Waals surface area contributed by atoms with E-state index in [-0.39, 0.29) is 5.66 Å². The summed E-state index contributed by atoms with van der Waals surface area (Å²) in [5.41, 5.74) is 8.03. The Morgan fingerprint density at radius 2 is 2.11 bits per heavy atom.